The maximum Gasteiger partial charge on any atom is 0.309 e. The van der Waals surface area contributed by atoms with Crippen molar-refractivity contribution in [2.45, 2.75) is 38.6 Å². The molecule has 0 saturated heterocycles. The van der Waals surface area contributed by atoms with Crippen molar-refractivity contribution >= 4 is 11.9 Å². The maximum absolute atomic E-state index is 10.9. The van der Waals surface area contributed by atoms with Gasteiger partial charge in [-0.1, -0.05) is 0 Å². The Morgan fingerprint density at radius 2 is 1.93 bits per heavy atom. The first kappa shape index (κ1) is 10.8. The number of aliphatic carboxylic acids is 1. The summed E-state index contributed by atoms with van der Waals surface area (Å²) >= 11 is 0. The van der Waals surface area contributed by atoms with Crippen molar-refractivity contribution in [1.82, 2.24) is 0 Å². The fourth-order valence-corrected chi connectivity index (χ4v) is 1.79. The third kappa shape index (κ3) is 2.37. The van der Waals surface area contributed by atoms with Gasteiger partial charge in [-0.05, 0) is 32.6 Å². The van der Waals surface area contributed by atoms with Gasteiger partial charge in [-0.2, -0.15) is 0 Å². The highest BCUT2D eigenvalue weighted by Crippen LogP contribution is 2.37. The standard InChI is InChI=1S/C9H17N3O2/c1-9(7(13)14)4-2-6(3-5-9)12-8(10)11/h6H,2-5H2,1H3,(H,13,14)(H4,10,11,12). The van der Waals surface area contributed by atoms with Gasteiger partial charge in [0.25, 0.3) is 0 Å². The molecule has 0 heterocycles. The third-order valence-corrected chi connectivity index (χ3v) is 2.91. The molecule has 0 aromatic heterocycles. The molecule has 0 aliphatic heterocycles. The number of rotatable bonds is 2. The van der Waals surface area contributed by atoms with Crippen LogP contribution in [0.3, 0.4) is 0 Å². The van der Waals surface area contributed by atoms with Gasteiger partial charge in [-0.25, -0.2) is 0 Å². The molecular formula is C9H17N3O2. The smallest absolute Gasteiger partial charge is 0.309 e. The average Bonchev–Trinajstić information content (AvgIpc) is 2.08. The number of hydrogen-bond acceptors (Lipinski definition) is 2. The van der Waals surface area contributed by atoms with Crippen LogP contribution in [0.4, 0.5) is 0 Å². The van der Waals surface area contributed by atoms with Crippen LogP contribution < -0.4 is 11.5 Å². The summed E-state index contributed by atoms with van der Waals surface area (Å²) in [5.74, 6) is -0.630. The minimum Gasteiger partial charge on any atom is -0.481 e. The van der Waals surface area contributed by atoms with Crippen LogP contribution in [0.1, 0.15) is 32.6 Å². The lowest BCUT2D eigenvalue weighted by atomic mass is 9.74. The molecule has 1 aliphatic carbocycles. The second-order valence-corrected chi connectivity index (χ2v) is 4.15. The lowest BCUT2D eigenvalue weighted by Crippen LogP contribution is -2.35. The molecular weight excluding hydrogens is 182 g/mol. The van der Waals surface area contributed by atoms with Crippen LogP contribution in [-0.2, 0) is 4.79 Å². The first-order valence-corrected chi connectivity index (χ1v) is 4.76. The van der Waals surface area contributed by atoms with E-state index in [2.05, 4.69) is 4.99 Å². The average molecular weight is 199 g/mol. The van der Waals surface area contributed by atoms with E-state index >= 15 is 0 Å². The molecule has 0 aromatic rings. The summed E-state index contributed by atoms with van der Waals surface area (Å²) < 4.78 is 0. The van der Waals surface area contributed by atoms with Gasteiger partial charge in [0.05, 0.1) is 11.5 Å². The Morgan fingerprint density at radius 3 is 2.29 bits per heavy atom. The molecule has 1 rings (SSSR count). The predicted octanol–water partition coefficient (Wildman–Crippen LogP) is 0.293. The molecule has 1 fully saturated rings. The number of nitrogens with zero attached hydrogens (tertiary/aromatic N) is 1. The van der Waals surface area contributed by atoms with E-state index in [1.54, 1.807) is 6.92 Å². The van der Waals surface area contributed by atoms with Crippen molar-refractivity contribution in [3.63, 3.8) is 0 Å². The molecule has 0 aromatic carbocycles. The fourth-order valence-electron chi connectivity index (χ4n) is 1.79. The van der Waals surface area contributed by atoms with Gasteiger partial charge in [-0.3, -0.25) is 9.79 Å². The van der Waals surface area contributed by atoms with Crippen molar-refractivity contribution in [3.05, 3.63) is 0 Å². The maximum atomic E-state index is 10.9. The Morgan fingerprint density at radius 1 is 1.43 bits per heavy atom. The van der Waals surface area contributed by atoms with Crippen molar-refractivity contribution in [1.29, 1.82) is 0 Å². The Balaban J connectivity index is 2.54. The topological polar surface area (TPSA) is 102 Å². The Labute approximate surface area is 83.2 Å². The first-order valence-electron chi connectivity index (χ1n) is 4.76. The zero-order chi connectivity index (χ0) is 10.8. The van der Waals surface area contributed by atoms with Crippen LogP contribution in [0.2, 0.25) is 0 Å². The number of guanidine groups is 1. The second-order valence-electron chi connectivity index (χ2n) is 4.15. The Bertz CT molecular complexity index is 251. The van der Waals surface area contributed by atoms with Crippen molar-refractivity contribution < 1.29 is 9.90 Å². The second kappa shape index (κ2) is 3.86. The van der Waals surface area contributed by atoms with Crippen LogP contribution in [0, 0.1) is 5.41 Å². The van der Waals surface area contributed by atoms with Crippen LogP contribution in [-0.4, -0.2) is 23.1 Å². The minimum absolute atomic E-state index is 0.0916. The monoisotopic (exact) mass is 199 g/mol. The van der Waals surface area contributed by atoms with Crippen LogP contribution in [0.15, 0.2) is 4.99 Å². The molecule has 1 aliphatic rings. The van der Waals surface area contributed by atoms with Gasteiger partial charge < -0.3 is 16.6 Å². The van der Waals surface area contributed by atoms with Crippen molar-refractivity contribution in [2.24, 2.45) is 21.9 Å². The van der Waals surface area contributed by atoms with E-state index in [9.17, 15) is 4.79 Å². The molecule has 0 atom stereocenters. The van der Waals surface area contributed by atoms with Crippen LogP contribution in [0.5, 0.6) is 0 Å². The first-order chi connectivity index (χ1) is 6.44. The van der Waals surface area contributed by atoms with Gasteiger partial charge >= 0.3 is 5.97 Å². The zero-order valence-corrected chi connectivity index (χ0v) is 8.36. The third-order valence-electron chi connectivity index (χ3n) is 2.91. The van der Waals surface area contributed by atoms with Gasteiger partial charge in [0.1, 0.15) is 0 Å². The predicted molar refractivity (Wildman–Crippen MR) is 53.8 cm³/mol. The summed E-state index contributed by atoms with van der Waals surface area (Å²) in [5.41, 5.74) is 9.94. The van der Waals surface area contributed by atoms with E-state index in [0.717, 1.165) is 12.8 Å². The molecule has 0 amide bonds. The Kier molecular flexibility index (Phi) is 2.98. The minimum atomic E-state index is -0.722. The highest BCUT2D eigenvalue weighted by atomic mass is 16.4. The van der Waals surface area contributed by atoms with Gasteiger partial charge in [0.2, 0.25) is 0 Å². The highest BCUT2D eigenvalue weighted by molar-refractivity contribution is 5.76. The summed E-state index contributed by atoms with van der Waals surface area (Å²) in [6.45, 7) is 1.78. The summed E-state index contributed by atoms with van der Waals surface area (Å²) in [5, 5.41) is 8.98. The lowest BCUT2D eigenvalue weighted by Gasteiger charge is -2.32. The number of carboxylic acid groups (broad SMARTS) is 1. The van der Waals surface area contributed by atoms with E-state index < -0.39 is 11.4 Å². The largest absolute Gasteiger partial charge is 0.481 e. The molecule has 0 bridgehead atoms. The number of carboxylic acids is 1. The van der Waals surface area contributed by atoms with Crippen molar-refractivity contribution in [2.75, 3.05) is 0 Å². The highest BCUT2D eigenvalue weighted by Gasteiger charge is 2.37. The summed E-state index contributed by atoms with van der Waals surface area (Å²) in [4.78, 5) is 15.0. The SMILES string of the molecule is CC1(C(=O)O)CCC(N=C(N)N)CC1. The van der Waals surface area contributed by atoms with E-state index in [4.69, 9.17) is 16.6 Å². The van der Waals surface area contributed by atoms with Crippen LogP contribution in [0.25, 0.3) is 0 Å². The molecule has 0 spiro atoms. The molecule has 0 unspecified atom stereocenters. The normalized spacial score (nSPS) is 32.2. The molecule has 0 radical (unpaired) electrons. The van der Waals surface area contributed by atoms with Crippen molar-refractivity contribution in [3.8, 4) is 0 Å². The van der Waals surface area contributed by atoms with Gasteiger partial charge in [-0.15, -0.1) is 0 Å². The molecule has 5 N–H and O–H groups in total. The summed E-state index contributed by atoms with van der Waals surface area (Å²) in [6, 6.07) is 0.104. The molecule has 5 nitrogen and oxygen atoms in total. The van der Waals surface area contributed by atoms with E-state index in [-0.39, 0.29) is 12.0 Å². The number of aliphatic imine (C=N–C) groups is 1. The quantitative estimate of drug-likeness (QED) is 0.439. The van der Waals surface area contributed by atoms with E-state index in [0.29, 0.717) is 12.8 Å². The number of nitrogens with two attached hydrogens (primary N) is 2. The van der Waals surface area contributed by atoms with E-state index in [1.807, 2.05) is 0 Å². The molecule has 14 heavy (non-hydrogen) atoms. The van der Waals surface area contributed by atoms with E-state index in [1.165, 1.54) is 0 Å². The number of carbonyl (C=O) groups is 1. The summed E-state index contributed by atoms with van der Waals surface area (Å²) in [6.07, 6.45) is 2.79. The summed E-state index contributed by atoms with van der Waals surface area (Å²) in [7, 11) is 0. The molecule has 80 valence electrons. The van der Waals surface area contributed by atoms with Gasteiger partial charge in [0.15, 0.2) is 5.96 Å². The molecule has 5 heteroatoms. The Hall–Kier alpha value is -1.26. The zero-order valence-electron chi connectivity index (χ0n) is 8.36. The van der Waals surface area contributed by atoms with Crippen LogP contribution >= 0.6 is 0 Å². The lowest BCUT2D eigenvalue weighted by molar-refractivity contribution is -0.149. The van der Waals surface area contributed by atoms with Gasteiger partial charge in [0, 0.05) is 0 Å². The fraction of sp³-hybridized carbons (Fsp3) is 0.778. The molecule has 1 saturated carbocycles. The number of hydrogen-bond donors (Lipinski definition) is 3.